The third-order valence-electron chi connectivity index (χ3n) is 2.57. The summed E-state index contributed by atoms with van der Waals surface area (Å²) in [6, 6.07) is 10.5. The monoisotopic (exact) mass is 182 g/mol. The summed E-state index contributed by atoms with van der Waals surface area (Å²) in [5.74, 6) is 0. The summed E-state index contributed by atoms with van der Waals surface area (Å²) in [5.41, 5.74) is 4.12. The van der Waals surface area contributed by atoms with Gasteiger partial charge in [0.2, 0.25) is 0 Å². The van der Waals surface area contributed by atoms with Gasteiger partial charge in [-0.1, -0.05) is 54.6 Å². The Bertz CT molecular complexity index is 391. The maximum atomic E-state index is 2.20. The number of hydrogen-bond donors (Lipinski definition) is 0. The lowest BCUT2D eigenvalue weighted by Crippen LogP contribution is -1.87. The summed E-state index contributed by atoms with van der Waals surface area (Å²) in [7, 11) is 0. The number of hydrogen-bond acceptors (Lipinski definition) is 0. The normalized spacial score (nSPS) is 18.4. The summed E-state index contributed by atoms with van der Waals surface area (Å²) in [4.78, 5) is 0. The van der Waals surface area contributed by atoms with Gasteiger partial charge in [-0.15, -0.1) is 0 Å². The van der Waals surface area contributed by atoms with Crippen molar-refractivity contribution in [1.82, 2.24) is 0 Å². The highest BCUT2D eigenvalue weighted by molar-refractivity contribution is 5.69. The van der Waals surface area contributed by atoms with Crippen molar-refractivity contribution in [2.45, 2.75) is 13.3 Å². The standard InChI is InChI=1S/C14H14/c1-12(13-8-4-2-5-9-13)14-10-6-3-7-11-14/h2-10H,11H2,1H3/b14-12+. The summed E-state index contributed by atoms with van der Waals surface area (Å²) in [6.07, 6.45) is 9.65. The first-order chi connectivity index (χ1) is 6.88. The summed E-state index contributed by atoms with van der Waals surface area (Å²) >= 11 is 0. The number of benzene rings is 1. The number of allylic oxidation sites excluding steroid dienone is 6. The second-order valence-electron chi connectivity index (χ2n) is 3.51. The minimum absolute atomic E-state index is 1.05. The molecular weight excluding hydrogens is 168 g/mol. The molecule has 1 aromatic carbocycles. The highest BCUT2D eigenvalue weighted by atomic mass is 14.1. The van der Waals surface area contributed by atoms with E-state index in [2.05, 4.69) is 61.6 Å². The van der Waals surface area contributed by atoms with Gasteiger partial charge in [0.1, 0.15) is 0 Å². The van der Waals surface area contributed by atoms with Gasteiger partial charge >= 0.3 is 0 Å². The first kappa shape index (κ1) is 9.01. The second-order valence-corrected chi connectivity index (χ2v) is 3.51. The molecular formula is C14H14. The van der Waals surface area contributed by atoms with Gasteiger partial charge in [-0.25, -0.2) is 0 Å². The van der Waals surface area contributed by atoms with E-state index in [1.807, 2.05) is 0 Å². The van der Waals surface area contributed by atoms with Crippen LogP contribution in [0.3, 0.4) is 0 Å². The predicted octanol–water partition coefficient (Wildman–Crippen LogP) is 3.98. The van der Waals surface area contributed by atoms with Crippen molar-refractivity contribution in [3.63, 3.8) is 0 Å². The van der Waals surface area contributed by atoms with Crippen LogP contribution in [-0.4, -0.2) is 0 Å². The Morgan fingerprint density at radius 1 is 1.07 bits per heavy atom. The molecule has 1 aromatic rings. The largest absolute Gasteiger partial charge is 0.0801 e. The molecule has 0 N–H and O–H groups in total. The van der Waals surface area contributed by atoms with Crippen LogP contribution in [0.5, 0.6) is 0 Å². The lowest BCUT2D eigenvalue weighted by Gasteiger charge is -2.08. The zero-order chi connectivity index (χ0) is 9.80. The van der Waals surface area contributed by atoms with E-state index in [0.717, 1.165) is 6.42 Å². The van der Waals surface area contributed by atoms with Crippen molar-refractivity contribution in [1.29, 1.82) is 0 Å². The Hall–Kier alpha value is -1.56. The highest BCUT2D eigenvalue weighted by Crippen LogP contribution is 2.23. The Kier molecular flexibility index (Phi) is 2.64. The van der Waals surface area contributed by atoms with Gasteiger partial charge in [0.15, 0.2) is 0 Å². The Morgan fingerprint density at radius 2 is 1.86 bits per heavy atom. The molecule has 0 bridgehead atoms. The van der Waals surface area contributed by atoms with Crippen LogP contribution < -0.4 is 0 Å². The van der Waals surface area contributed by atoms with Crippen LogP contribution in [0, 0.1) is 0 Å². The molecule has 0 unspecified atom stereocenters. The average Bonchev–Trinajstić information content (AvgIpc) is 2.30. The quantitative estimate of drug-likeness (QED) is 0.616. The summed E-state index contributed by atoms with van der Waals surface area (Å²) in [5, 5.41) is 0. The fourth-order valence-corrected chi connectivity index (χ4v) is 1.66. The molecule has 2 rings (SSSR count). The fourth-order valence-electron chi connectivity index (χ4n) is 1.66. The molecule has 0 saturated heterocycles. The molecule has 70 valence electrons. The maximum Gasteiger partial charge on any atom is -0.00915 e. The van der Waals surface area contributed by atoms with Crippen LogP contribution in [0.2, 0.25) is 0 Å². The molecule has 1 aliphatic rings. The van der Waals surface area contributed by atoms with Crippen molar-refractivity contribution in [2.75, 3.05) is 0 Å². The van der Waals surface area contributed by atoms with Crippen LogP contribution in [0.15, 0.2) is 60.2 Å². The average molecular weight is 182 g/mol. The molecule has 1 aliphatic carbocycles. The molecule has 0 heterocycles. The van der Waals surface area contributed by atoms with E-state index < -0.39 is 0 Å². The van der Waals surface area contributed by atoms with Crippen LogP contribution in [-0.2, 0) is 0 Å². The molecule has 0 spiro atoms. The zero-order valence-electron chi connectivity index (χ0n) is 8.40. The maximum absolute atomic E-state index is 2.20. The molecule has 0 atom stereocenters. The van der Waals surface area contributed by atoms with Crippen molar-refractivity contribution >= 4 is 5.57 Å². The Morgan fingerprint density at radius 3 is 2.50 bits per heavy atom. The molecule has 0 nitrogen and oxygen atoms in total. The van der Waals surface area contributed by atoms with E-state index in [9.17, 15) is 0 Å². The molecule has 0 aromatic heterocycles. The van der Waals surface area contributed by atoms with E-state index in [4.69, 9.17) is 0 Å². The minimum atomic E-state index is 1.05. The number of rotatable bonds is 1. The van der Waals surface area contributed by atoms with Gasteiger partial charge in [-0.3, -0.25) is 0 Å². The van der Waals surface area contributed by atoms with Gasteiger partial charge in [-0.05, 0) is 30.1 Å². The molecule has 0 radical (unpaired) electrons. The van der Waals surface area contributed by atoms with E-state index in [1.54, 1.807) is 0 Å². The van der Waals surface area contributed by atoms with Crippen LogP contribution >= 0.6 is 0 Å². The highest BCUT2D eigenvalue weighted by Gasteiger charge is 2.01. The first-order valence-electron chi connectivity index (χ1n) is 4.96. The van der Waals surface area contributed by atoms with E-state index >= 15 is 0 Å². The Balaban J connectivity index is 2.36. The second kappa shape index (κ2) is 4.10. The summed E-state index contributed by atoms with van der Waals surface area (Å²) in [6.45, 7) is 2.19. The van der Waals surface area contributed by atoms with E-state index in [-0.39, 0.29) is 0 Å². The van der Waals surface area contributed by atoms with Gasteiger partial charge in [0.25, 0.3) is 0 Å². The predicted molar refractivity (Wildman–Crippen MR) is 61.9 cm³/mol. The van der Waals surface area contributed by atoms with Gasteiger partial charge in [0.05, 0.1) is 0 Å². The molecule has 0 amide bonds. The molecule has 0 fully saturated rings. The molecule has 0 aliphatic heterocycles. The lowest BCUT2D eigenvalue weighted by molar-refractivity contribution is 1.26. The fraction of sp³-hybridized carbons (Fsp3) is 0.143. The summed E-state index contributed by atoms with van der Waals surface area (Å²) < 4.78 is 0. The van der Waals surface area contributed by atoms with Crippen LogP contribution in [0.1, 0.15) is 18.9 Å². The van der Waals surface area contributed by atoms with Crippen molar-refractivity contribution in [3.05, 3.63) is 65.8 Å². The third kappa shape index (κ3) is 1.85. The smallest absolute Gasteiger partial charge is 0.00915 e. The van der Waals surface area contributed by atoms with Gasteiger partial charge < -0.3 is 0 Å². The third-order valence-corrected chi connectivity index (χ3v) is 2.57. The molecule has 0 heteroatoms. The topological polar surface area (TPSA) is 0 Å². The Labute approximate surface area is 85.3 Å². The van der Waals surface area contributed by atoms with Crippen molar-refractivity contribution < 1.29 is 0 Å². The SMILES string of the molecule is C/C(=C1/C=CC=CC1)c1ccccc1. The molecule has 14 heavy (non-hydrogen) atoms. The first-order valence-corrected chi connectivity index (χ1v) is 4.96. The lowest BCUT2D eigenvalue weighted by atomic mass is 9.97. The van der Waals surface area contributed by atoms with Gasteiger partial charge in [0, 0.05) is 0 Å². The van der Waals surface area contributed by atoms with Crippen molar-refractivity contribution in [2.24, 2.45) is 0 Å². The van der Waals surface area contributed by atoms with Crippen molar-refractivity contribution in [3.8, 4) is 0 Å². The zero-order valence-corrected chi connectivity index (χ0v) is 8.40. The molecule has 0 saturated carbocycles. The van der Waals surface area contributed by atoms with Gasteiger partial charge in [-0.2, -0.15) is 0 Å². The van der Waals surface area contributed by atoms with E-state index in [0.29, 0.717) is 0 Å². The van der Waals surface area contributed by atoms with Crippen LogP contribution in [0.4, 0.5) is 0 Å². The van der Waals surface area contributed by atoms with Crippen LogP contribution in [0.25, 0.3) is 5.57 Å². The minimum Gasteiger partial charge on any atom is -0.0801 e. The van der Waals surface area contributed by atoms with E-state index in [1.165, 1.54) is 16.7 Å².